The van der Waals surface area contributed by atoms with Crippen LogP contribution in [0.15, 0.2) is 48.5 Å². The number of likely N-dealkylation sites (tertiary alicyclic amines) is 1. The highest BCUT2D eigenvalue weighted by atomic mass is 35.5. The molecule has 2 aromatic carbocycles. The Kier molecular flexibility index (Phi) is 5.00. The van der Waals surface area contributed by atoms with Crippen molar-refractivity contribution in [1.29, 1.82) is 0 Å². The van der Waals surface area contributed by atoms with Crippen LogP contribution in [0.3, 0.4) is 0 Å². The van der Waals surface area contributed by atoms with Crippen molar-refractivity contribution in [2.24, 2.45) is 0 Å². The maximum absolute atomic E-state index is 14.0. The summed E-state index contributed by atoms with van der Waals surface area (Å²) in [5, 5.41) is 0.290. The van der Waals surface area contributed by atoms with E-state index < -0.39 is 11.4 Å². The number of benzene rings is 2. The largest absolute Gasteiger partial charge is 0.475 e. The second-order valence-electron chi connectivity index (χ2n) is 6.75. The zero-order valence-corrected chi connectivity index (χ0v) is 15.1. The van der Waals surface area contributed by atoms with Crippen LogP contribution in [-0.4, -0.2) is 23.0 Å². The fourth-order valence-electron chi connectivity index (χ4n) is 3.25. The van der Waals surface area contributed by atoms with E-state index in [1.54, 1.807) is 19.9 Å². The lowest BCUT2D eigenvalue weighted by Crippen LogP contribution is -2.48. The normalized spacial score (nSPS) is 17.6. The minimum atomic E-state index is -1.17. The molecule has 1 aliphatic heterocycles. The van der Waals surface area contributed by atoms with Crippen LogP contribution in [-0.2, 0) is 4.79 Å². The van der Waals surface area contributed by atoms with Gasteiger partial charge in [0.1, 0.15) is 0 Å². The van der Waals surface area contributed by atoms with Crippen molar-refractivity contribution < 1.29 is 13.9 Å². The number of hydrogen-bond acceptors (Lipinski definition) is 2. The zero-order chi connectivity index (χ0) is 18.0. The molecule has 1 saturated heterocycles. The molecule has 1 amide bonds. The molecule has 25 heavy (non-hydrogen) atoms. The van der Waals surface area contributed by atoms with Crippen molar-refractivity contribution in [3.63, 3.8) is 0 Å². The third-order valence-corrected chi connectivity index (χ3v) is 4.71. The molecule has 1 aliphatic rings. The van der Waals surface area contributed by atoms with Gasteiger partial charge < -0.3 is 9.64 Å². The van der Waals surface area contributed by atoms with Crippen LogP contribution in [0.2, 0.25) is 5.02 Å². The van der Waals surface area contributed by atoms with Crippen molar-refractivity contribution in [1.82, 2.24) is 4.90 Å². The van der Waals surface area contributed by atoms with Gasteiger partial charge in [0.25, 0.3) is 5.91 Å². The van der Waals surface area contributed by atoms with Gasteiger partial charge in [0, 0.05) is 11.6 Å². The predicted octanol–water partition coefficient (Wildman–Crippen LogP) is 5.00. The molecular weight excluding hydrogens is 341 g/mol. The minimum Gasteiger partial charge on any atom is -0.475 e. The molecule has 3 rings (SSSR count). The average molecular weight is 362 g/mol. The van der Waals surface area contributed by atoms with Gasteiger partial charge in [0.2, 0.25) is 0 Å². The summed E-state index contributed by atoms with van der Waals surface area (Å²) in [7, 11) is 0. The minimum absolute atomic E-state index is 0.0261. The maximum Gasteiger partial charge on any atom is 0.266 e. The van der Waals surface area contributed by atoms with Gasteiger partial charge in [-0.3, -0.25) is 4.79 Å². The van der Waals surface area contributed by atoms with Gasteiger partial charge in [-0.2, -0.15) is 0 Å². The van der Waals surface area contributed by atoms with Crippen LogP contribution in [0.1, 0.15) is 38.3 Å². The summed E-state index contributed by atoms with van der Waals surface area (Å²) >= 11 is 5.77. The van der Waals surface area contributed by atoms with Gasteiger partial charge >= 0.3 is 0 Å². The number of hydrogen-bond donors (Lipinski definition) is 0. The number of carbonyl (C=O) groups is 1. The van der Waals surface area contributed by atoms with E-state index in [2.05, 4.69) is 0 Å². The first-order valence-electron chi connectivity index (χ1n) is 8.38. The van der Waals surface area contributed by atoms with Gasteiger partial charge in [0.15, 0.2) is 17.2 Å². The molecule has 132 valence electrons. The molecule has 2 aromatic rings. The van der Waals surface area contributed by atoms with Crippen LogP contribution in [0, 0.1) is 5.82 Å². The van der Waals surface area contributed by atoms with Gasteiger partial charge in [0.05, 0.1) is 6.04 Å². The lowest BCUT2D eigenvalue weighted by atomic mass is 10.0. The average Bonchev–Trinajstić information content (AvgIpc) is 3.07. The van der Waals surface area contributed by atoms with Gasteiger partial charge in [-0.05, 0) is 50.5 Å². The Morgan fingerprint density at radius 3 is 2.64 bits per heavy atom. The van der Waals surface area contributed by atoms with Crippen LogP contribution in [0.25, 0.3) is 0 Å². The lowest BCUT2D eigenvalue weighted by molar-refractivity contribution is -0.146. The van der Waals surface area contributed by atoms with Gasteiger partial charge in [-0.15, -0.1) is 0 Å². The number of amides is 1. The molecule has 0 N–H and O–H groups in total. The lowest BCUT2D eigenvalue weighted by Gasteiger charge is -2.33. The topological polar surface area (TPSA) is 29.5 Å². The Bertz CT molecular complexity index is 764. The van der Waals surface area contributed by atoms with E-state index in [0.29, 0.717) is 6.54 Å². The Hall–Kier alpha value is -2.07. The van der Waals surface area contributed by atoms with Crippen molar-refractivity contribution in [3.8, 4) is 5.75 Å². The van der Waals surface area contributed by atoms with E-state index in [1.807, 2.05) is 35.2 Å². The molecule has 5 heteroatoms. The SMILES string of the molecule is CC(C)(Oc1ccc(Cl)cc1F)C(=O)N1CCC[C@H]1c1ccccc1. The summed E-state index contributed by atoms with van der Waals surface area (Å²) in [6, 6.07) is 14.2. The number of nitrogens with zero attached hydrogens (tertiary/aromatic N) is 1. The van der Waals surface area contributed by atoms with Crippen molar-refractivity contribution in [3.05, 3.63) is 64.9 Å². The number of ether oxygens (including phenoxy) is 1. The van der Waals surface area contributed by atoms with Gasteiger partial charge in [-0.25, -0.2) is 4.39 Å². The summed E-state index contributed by atoms with van der Waals surface area (Å²) in [6.07, 6.45) is 1.86. The first-order chi connectivity index (χ1) is 11.9. The van der Waals surface area contributed by atoms with Crippen molar-refractivity contribution in [2.45, 2.75) is 38.3 Å². The summed E-state index contributed by atoms with van der Waals surface area (Å²) in [5.41, 5.74) is -0.0618. The van der Waals surface area contributed by atoms with E-state index in [1.165, 1.54) is 12.1 Å². The van der Waals surface area contributed by atoms with Crippen molar-refractivity contribution >= 4 is 17.5 Å². The van der Waals surface area contributed by atoms with E-state index in [-0.39, 0.29) is 22.7 Å². The maximum atomic E-state index is 14.0. The molecule has 1 fully saturated rings. The second kappa shape index (κ2) is 7.04. The molecule has 3 nitrogen and oxygen atoms in total. The first kappa shape index (κ1) is 17.7. The highest BCUT2D eigenvalue weighted by Crippen LogP contribution is 2.35. The Labute approximate surface area is 152 Å². The van der Waals surface area contributed by atoms with Crippen LogP contribution >= 0.6 is 11.6 Å². The van der Waals surface area contributed by atoms with E-state index in [4.69, 9.17) is 16.3 Å². The predicted molar refractivity (Wildman–Crippen MR) is 96.2 cm³/mol. The Morgan fingerprint density at radius 2 is 1.96 bits per heavy atom. The molecule has 0 aliphatic carbocycles. The standard InChI is InChI=1S/C20H21ClFNO2/c1-20(2,25-18-11-10-15(21)13-16(18)22)19(24)23-12-6-9-17(23)14-7-4-3-5-8-14/h3-5,7-8,10-11,13,17H,6,9,12H2,1-2H3/t17-/m0/s1. The third-order valence-electron chi connectivity index (χ3n) is 4.47. The monoisotopic (exact) mass is 361 g/mol. The molecule has 1 atom stereocenters. The van der Waals surface area contributed by atoms with Crippen LogP contribution in [0.5, 0.6) is 5.75 Å². The summed E-state index contributed by atoms with van der Waals surface area (Å²) in [6.45, 7) is 4.02. The molecular formula is C20H21ClFNO2. The van der Waals surface area contributed by atoms with Crippen molar-refractivity contribution in [2.75, 3.05) is 6.54 Å². The molecule has 0 unspecified atom stereocenters. The molecule has 1 heterocycles. The van der Waals surface area contributed by atoms with Crippen LogP contribution < -0.4 is 4.74 Å². The van der Waals surface area contributed by atoms with E-state index >= 15 is 0 Å². The smallest absolute Gasteiger partial charge is 0.266 e. The third kappa shape index (κ3) is 3.79. The van der Waals surface area contributed by atoms with E-state index in [0.717, 1.165) is 18.4 Å². The molecule has 0 aromatic heterocycles. The molecule has 0 saturated carbocycles. The van der Waals surface area contributed by atoms with E-state index in [9.17, 15) is 9.18 Å². The van der Waals surface area contributed by atoms with Crippen LogP contribution in [0.4, 0.5) is 4.39 Å². The highest BCUT2D eigenvalue weighted by Gasteiger charge is 2.40. The number of rotatable bonds is 4. The quantitative estimate of drug-likeness (QED) is 0.766. The highest BCUT2D eigenvalue weighted by molar-refractivity contribution is 6.30. The number of carbonyl (C=O) groups excluding carboxylic acids is 1. The zero-order valence-electron chi connectivity index (χ0n) is 14.3. The summed E-state index contributed by atoms with van der Waals surface area (Å²) in [4.78, 5) is 14.9. The van der Waals surface area contributed by atoms with Gasteiger partial charge in [-0.1, -0.05) is 41.9 Å². The molecule has 0 radical (unpaired) electrons. The second-order valence-corrected chi connectivity index (χ2v) is 7.19. The Balaban J connectivity index is 1.80. The molecule has 0 spiro atoms. The summed E-state index contributed by atoms with van der Waals surface area (Å²) in [5.74, 6) is -0.694. The number of halogens is 2. The molecule has 0 bridgehead atoms. The first-order valence-corrected chi connectivity index (χ1v) is 8.76. The fourth-order valence-corrected chi connectivity index (χ4v) is 3.41. The fraction of sp³-hybridized carbons (Fsp3) is 0.350. The Morgan fingerprint density at radius 1 is 1.24 bits per heavy atom. The summed E-state index contributed by atoms with van der Waals surface area (Å²) < 4.78 is 19.7.